The first-order valence-electron chi connectivity index (χ1n) is 12.1. The third-order valence-corrected chi connectivity index (χ3v) is 6.96. The van der Waals surface area contributed by atoms with Crippen molar-refractivity contribution >= 4 is 39.0 Å². The Balaban J connectivity index is 1.55. The van der Waals surface area contributed by atoms with Gasteiger partial charge in [0.1, 0.15) is 23.0 Å². The van der Waals surface area contributed by atoms with E-state index in [1.54, 1.807) is 24.3 Å². The van der Waals surface area contributed by atoms with Crippen LogP contribution in [0.15, 0.2) is 66.7 Å². The Hall–Kier alpha value is -3.84. The van der Waals surface area contributed by atoms with Crippen molar-refractivity contribution in [2.24, 2.45) is 0 Å². The van der Waals surface area contributed by atoms with Crippen molar-refractivity contribution in [2.75, 3.05) is 19.0 Å². The number of nitrogens with one attached hydrogen (secondary N) is 1. The number of fused-ring (bicyclic) bond motifs is 1. The van der Waals surface area contributed by atoms with E-state index in [1.807, 2.05) is 43.3 Å². The number of rotatable bonds is 8. The van der Waals surface area contributed by atoms with Crippen LogP contribution in [0.2, 0.25) is 0 Å². The third-order valence-electron chi connectivity index (χ3n) is 5.86. The van der Waals surface area contributed by atoms with Gasteiger partial charge < -0.3 is 19.5 Å². The second-order valence-electron chi connectivity index (χ2n) is 9.60. The van der Waals surface area contributed by atoms with Crippen LogP contribution in [0, 0.1) is 0 Å². The molecule has 0 spiro atoms. The monoisotopic (exact) mass is 517 g/mol. The van der Waals surface area contributed by atoms with Crippen LogP contribution in [0.25, 0.3) is 10.1 Å². The summed E-state index contributed by atoms with van der Waals surface area (Å²) < 4.78 is 17.8. The van der Waals surface area contributed by atoms with E-state index in [2.05, 4.69) is 32.2 Å². The molecule has 0 fully saturated rings. The van der Waals surface area contributed by atoms with E-state index in [1.165, 1.54) is 18.4 Å². The average molecular weight is 518 g/mol. The molecular weight excluding hydrogens is 486 g/mol. The van der Waals surface area contributed by atoms with Gasteiger partial charge >= 0.3 is 5.97 Å². The zero-order valence-electron chi connectivity index (χ0n) is 21.7. The van der Waals surface area contributed by atoms with Crippen LogP contribution in [-0.4, -0.2) is 25.6 Å². The Labute approximate surface area is 221 Å². The molecule has 0 saturated carbocycles. The Kier molecular flexibility index (Phi) is 7.83. The summed E-state index contributed by atoms with van der Waals surface area (Å²) in [6.45, 7) is 9.14. The fourth-order valence-electron chi connectivity index (χ4n) is 4.02. The minimum atomic E-state index is -0.374. The van der Waals surface area contributed by atoms with Crippen molar-refractivity contribution < 1.29 is 23.8 Å². The lowest BCUT2D eigenvalue weighted by atomic mass is 9.86. The molecule has 0 aliphatic rings. The highest BCUT2D eigenvalue weighted by molar-refractivity contribution is 7.20. The SMILES string of the molecule is CCOc1ccc(C(=O)Nc2ccc3sc(C(=O)OC)cc3c2)cc1COc1ccccc1C(C)(C)C. The van der Waals surface area contributed by atoms with Gasteiger partial charge in [-0.1, -0.05) is 39.0 Å². The van der Waals surface area contributed by atoms with Crippen LogP contribution < -0.4 is 14.8 Å². The molecule has 0 unspecified atom stereocenters. The topological polar surface area (TPSA) is 73.9 Å². The minimum absolute atomic E-state index is 0.0672. The van der Waals surface area contributed by atoms with Crippen LogP contribution >= 0.6 is 11.3 Å². The van der Waals surface area contributed by atoms with Crippen molar-refractivity contribution in [3.8, 4) is 11.5 Å². The lowest BCUT2D eigenvalue weighted by Crippen LogP contribution is -2.14. The number of benzene rings is 3. The summed E-state index contributed by atoms with van der Waals surface area (Å²) >= 11 is 1.35. The van der Waals surface area contributed by atoms with Gasteiger partial charge in [-0.05, 0) is 71.8 Å². The third kappa shape index (κ3) is 6.12. The summed E-state index contributed by atoms with van der Waals surface area (Å²) in [5, 5.41) is 3.81. The standard InChI is InChI=1S/C30H31NO5S/c1-6-35-24-13-11-19(15-21(24)18-36-25-10-8-7-9-23(25)30(2,3)4)28(32)31-22-12-14-26-20(16-22)17-27(37-26)29(33)34-5/h7-17H,6,18H2,1-5H3,(H,31,32). The molecule has 1 amide bonds. The van der Waals surface area contributed by atoms with Gasteiger partial charge in [0.25, 0.3) is 5.91 Å². The van der Waals surface area contributed by atoms with Gasteiger partial charge in [0.2, 0.25) is 0 Å². The number of para-hydroxylation sites is 1. The van der Waals surface area contributed by atoms with E-state index < -0.39 is 0 Å². The molecule has 0 aliphatic carbocycles. The van der Waals surface area contributed by atoms with Gasteiger partial charge in [0.15, 0.2) is 0 Å². The zero-order valence-corrected chi connectivity index (χ0v) is 22.5. The first kappa shape index (κ1) is 26.2. The van der Waals surface area contributed by atoms with E-state index in [-0.39, 0.29) is 23.9 Å². The number of esters is 1. The molecule has 3 aromatic carbocycles. The quantitative estimate of drug-likeness (QED) is 0.250. The summed E-state index contributed by atoms with van der Waals surface area (Å²) in [7, 11) is 1.36. The fraction of sp³-hybridized carbons (Fsp3) is 0.267. The number of ether oxygens (including phenoxy) is 3. The number of thiophene rings is 1. The second kappa shape index (κ2) is 11.0. The van der Waals surface area contributed by atoms with Gasteiger partial charge in [0, 0.05) is 21.5 Å². The predicted molar refractivity (Wildman–Crippen MR) is 148 cm³/mol. The van der Waals surface area contributed by atoms with Crippen molar-refractivity contribution in [2.45, 2.75) is 39.7 Å². The Bertz CT molecular complexity index is 1430. The Morgan fingerprint density at radius 2 is 1.70 bits per heavy atom. The highest BCUT2D eigenvalue weighted by Crippen LogP contribution is 2.33. The summed E-state index contributed by atoms with van der Waals surface area (Å²) in [6.07, 6.45) is 0. The van der Waals surface area contributed by atoms with Gasteiger partial charge in [-0.3, -0.25) is 4.79 Å². The summed E-state index contributed by atoms with van der Waals surface area (Å²) in [5.74, 6) is 0.869. The molecule has 4 aromatic rings. The number of carbonyl (C=O) groups excluding carboxylic acids is 2. The molecular formula is C30H31NO5S. The maximum Gasteiger partial charge on any atom is 0.348 e. The molecule has 0 bridgehead atoms. The van der Waals surface area contributed by atoms with Gasteiger partial charge in [-0.25, -0.2) is 4.79 Å². The molecule has 0 aliphatic heterocycles. The summed E-state index contributed by atoms with van der Waals surface area (Å²) in [4.78, 5) is 25.5. The van der Waals surface area contributed by atoms with Crippen LogP contribution in [0.1, 0.15) is 58.9 Å². The molecule has 0 saturated heterocycles. The van der Waals surface area contributed by atoms with E-state index >= 15 is 0 Å². The van der Waals surface area contributed by atoms with Crippen molar-refractivity contribution in [1.82, 2.24) is 0 Å². The summed E-state index contributed by atoms with van der Waals surface area (Å²) in [5.41, 5.74) is 2.96. The molecule has 1 aromatic heterocycles. The number of anilines is 1. The Morgan fingerprint density at radius 1 is 0.919 bits per heavy atom. The number of amides is 1. The maximum absolute atomic E-state index is 13.1. The molecule has 7 heteroatoms. The largest absolute Gasteiger partial charge is 0.493 e. The number of carbonyl (C=O) groups is 2. The van der Waals surface area contributed by atoms with Crippen LogP contribution in [0.5, 0.6) is 11.5 Å². The molecule has 6 nitrogen and oxygen atoms in total. The van der Waals surface area contributed by atoms with Gasteiger partial charge in [-0.15, -0.1) is 11.3 Å². The van der Waals surface area contributed by atoms with Crippen molar-refractivity contribution in [3.63, 3.8) is 0 Å². The first-order valence-corrected chi connectivity index (χ1v) is 12.9. The zero-order chi connectivity index (χ0) is 26.6. The van der Waals surface area contributed by atoms with Crippen molar-refractivity contribution in [1.29, 1.82) is 0 Å². The summed E-state index contributed by atoms with van der Waals surface area (Å²) in [6, 6.07) is 20.7. The normalized spacial score (nSPS) is 11.3. The molecule has 1 N–H and O–H groups in total. The molecule has 0 radical (unpaired) electrons. The number of methoxy groups -OCH3 is 1. The first-order chi connectivity index (χ1) is 17.7. The van der Waals surface area contributed by atoms with E-state index in [4.69, 9.17) is 14.2 Å². The van der Waals surface area contributed by atoms with Crippen LogP contribution in [-0.2, 0) is 16.8 Å². The molecule has 37 heavy (non-hydrogen) atoms. The molecule has 1 heterocycles. The molecule has 192 valence electrons. The molecule has 0 atom stereocenters. The van der Waals surface area contributed by atoms with Gasteiger partial charge in [-0.2, -0.15) is 0 Å². The number of hydrogen-bond donors (Lipinski definition) is 1. The maximum atomic E-state index is 13.1. The fourth-order valence-corrected chi connectivity index (χ4v) is 4.98. The van der Waals surface area contributed by atoms with E-state index in [0.717, 1.165) is 27.0 Å². The highest BCUT2D eigenvalue weighted by atomic mass is 32.1. The van der Waals surface area contributed by atoms with E-state index in [9.17, 15) is 9.59 Å². The highest BCUT2D eigenvalue weighted by Gasteiger charge is 2.19. The molecule has 4 rings (SSSR count). The van der Waals surface area contributed by atoms with Crippen molar-refractivity contribution in [3.05, 3.63) is 88.3 Å². The average Bonchev–Trinajstić information content (AvgIpc) is 3.31. The predicted octanol–water partition coefficient (Wildman–Crippen LogP) is 7.22. The number of hydrogen-bond acceptors (Lipinski definition) is 6. The van der Waals surface area contributed by atoms with Crippen LogP contribution in [0.4, 0.5) is 5.69 Å². The van der Waals surface area contributed by atoms with Gasteiger partial charge in [0.05, 0.1) is 13.7 Å². The van der Waals surface area contributed by atoms with Crippen LogP contribution in [0.3, 0.4) is 0 Å². The lowest BCUT2D eigenvalue weighted by Gasteiger charge is -2.23. The van der Waals surface area contributed by atoms with E-state index in [0.29, 0.717) is 28.5 Å². The minimum Gasteiger partial charge on any atom is -0.493 e. The smallest absolute Gasteiger partial charge is 0.348 e. The second-order valence-corrected chi connectivity index (χ2v) is 10.7. The lowest BCUT2D eigenvalue weighted by molar-refractivity contribution is 0.0606. The Morgan fingerprint density at radius 3 is 2.43 bits per heavy atom.